The maximum atomic E-state index is 12.5. The Morgan fingerprint density at radius 3 is 2.45 bits per heavy atom. The van der Waals surface area contributed by atoms with E-state index in [1.807, 2.05) is 30.3 Å². The lowest BCUT2D eigenvalue weighted by molar-refractivity contribution is 0.0786. The van der Waals surface area contributed by atoms with Crippen LogP contribution in [0.1, 0.15) is 10.5 Å². The van der Waals surface area contributed by atoms with Crippen molar-refractivity contribution in [3.63, 3.8) is 0 Å². The first-order valence-electron chi connectivity index (χ1n) is 6.16. The number of carbonyl (C=O) groups excluding carboxylic acids is 1. The van der Waals surface area contributed by atoms with E-state index in [0.29, 0.717) is 18.8 Å². The lowest BCUT2D eigenvalue weighted by atomic mass is 10.1. The molecule has 4 nitrogen and oxygen atoms in total. The van der Waals surface area contributed by atoms with Crippen LogP contribution in [0, 0.1) is 0 Å². The van der Waals surface area contributed by atoms with Gasteiger partial charge in [0.1, 0.15) is 0 Å². The molecule has 0 aliphatic carbocycles. The molecule has 0 aliphatic rings. The van der Waals surface area contributed by atoms with Crippen molar-refractivity contribution >= 4 is 17.4 Å². The number of amides is 1. The van der Waals surface area contributed by atoms with E-state index in [2.05, 4.69) is 22.7 Å². The molecule has 0 spiro atoms. The zero-order valence-corrected chi connectivity index (χ0v) is 11.8. The molecular formula is C15H15N3OS. The van der Waals surface area contributed by atoms with Crippen molar-refractivity contribution < 1.29 is 4.79 Å². The summed E-state index contributed by atoms with van der Waals surface area (Å²) < 4.78 is 3.91. The maximum Gasteiger partial charge on any atom is 0.276 e. The molecule has 0 bridgehead atoms. The first kappa shape index (κ1) is 14.1. The number of nitrogens with zero attached hydrogens (tertiary/aromatic N) is 3. The number of hydrogen-bond donors (Lipinski definition) is 0. The van der Waals surface area contributed by atoms with Gasteiger partial charge in [-0.25, -0.2) is 0 Å². The molecule has 20 heavy (non-hydrogen) atoms. The first-order chi connectivity index (χ1) is 9.77. The first-order valence-corrected chi connectivity index (χ1v) is 6.94. The monoisotopic (exact) mass is 285 g/mol. The molecule has 0 fully saturated rings. The minimum Gasteiger partial charge on any atom is -0.330 e. The summed E-state index contributed by atoms with van der Waals surface area (Å²) in [6.07, 6.45) is 3.37. The Hall–Kier alpha value is -2.27. The number of carbonyl (C=O) groups is 1. The number of benzene rings is 1. The van der Waals surface area contributed by atoms with Gasteiger partial charge in [-0.3, -0.25) is 4.79 Å². The smallest absolute Gasteiger partial charge is 0.276 e. The van der Waals surface area contributed by atoms with Gasteiger partial charge in [0.15, 0.2) is 5.69 Å². The zero-order valence-electron chi connectivity index (χ0n) is 11.0. The van der Waals surface area contributed by atoms with E-state index in [1.165, 1.54) is 11.5 Å². The third-order valence-electron chi connectivity index (χ3n) is 2.71. The number of aromatic nitrogens is 2. The van der Waals surface area contributed by atoms with Crippen LogP contribution in [0.5, 0.6) is 0 Å². The van der Waals surface area contributed by atoms with Crippen LogP contribution in [0.15, 0.2) is 55.6 Å². The second-order valence-electron chi connectivity index (χ2n) is 4.10. The fourth-order valence-electron chi connectivity index (χ4n) is 1.81. The van der Waals surface area contributed by atoms with Crippen molar-refractivity contribution in [1.82, 2.24) is 14.5 Å². The van der Waals surface area contributed by atoms with E-state index in [4.69, 9.17) is 0 Å². The Kier molecular flexibility index (Phi) is 4.79. The molecule has 1 aromatic heterocycles. The molecule has 2 rings (SSSR count). The molecule has 102 valence electrons. The van der Waals surface area contributed by atoms with E-state index >= 15 is 0 Å². The van der Waals surface area contributed by atoms with Gasteiger partial charge < -0.3 is 4.90 Å². The van der Waals surface area contributed by atoms with E-state index in [9.17, 15) is 4.79 Å². The number of rotatable bonds is 6. The molecule has 1 amide bonds. The average Bonchev–Trinajstić information content (AvgIpc) is 2.96. The van der Waals surface area contributed by atoms with Gasteiger partial charge in [0, 0.05) is 13.1 Å². The van der Waals surface area contributed by atoms with Crippen LogP contribution < -0.4 is 0 Å². The summed E-state index contributed by atoms with van der Waals surface area (Å²) in [4.78, 5) is 14.9. The summed E-state index contributed by atoms with van der Waals surface area (Å²) in [7, 11) is 0. The Bertz CT molecular complexity index is 597. The van der Waals surface area contributed by atoms with Crippen molar-refractivity contribution in [2.45, 2.75) is 0 Å². The van der Waals surface area contributed by atoms with E-state index in [1.54, 1.807) is 17.1 Å². The standard InChI is InChI=1S/C15H15N3OS/c1-3-10-18(11-4-2)15(19)13-14(20-17-16-13)12-8-6-5-7-9-12/h3-9H,1-2,10-11H2. The summed E-state index contributed by atoms with van der Waals surface area (Å²) >= 11 is 1.22. The lowest BCUT2D eigenvalue weighted by Crippen LogP contribution is -2.31. The predicted octanol–water partition coefficient (Wildman–Crippen LogP) is 3.02. The van der Waals surface area contributed by atoms with Crippen molar-refractivity contribution in [3.05, 3.63) is 61.3 Å². The fourth-order valence-corrected chi connectivity index (χ4v) is 2.47. The molecular weight excluding hydrogens is 270 g/mol. The van der Waals surface area contributed by atoms with Crippen molar-refractivity contribution in [1.29, 1.82) is 0 Å². The summed E-state index contributed by atoms with van der Waals surface area (Å²) in [5.74, 6) is -0.155. The topological polar surface area (TPSA) is 46.1 Å². The third-order valence-corrected chi connectivity index (χ3v) is 3.49. The minimum atomic E-state index is -0.155. The highest BCUT2D eigenvalue weighted by molar-refractivity contribution is 7.09. The number of hydrogen-bond acceptors (Lipinski definition) is 4. The molecule has 0 radical (unpaired) electrons. The fraction of sp³-hybridized carbons (Fsp3) is 0.133. The van der Waals surface area contributed by atoms with Crippen LogP contribution in [0.25, 0.3) is 10.4 Å². The second kappa shape index (κ2) is 6.77. The quantitative estimate of drug-likeness (QED) is 0.766. The Labute approximate surface area is 122 Å². The summed E-state index contributed by atoms with van der Waals surface area (Å²) in [5, 5.41) is 3.99. The predicted molar refractivity (Wildman–Crippen MR) is 81.6 cm³/mol. The van der Waals surface area contributed by atoms with Crippen LogP contribution in [0.3, 0.4) is 0 Å². The average molecular weight is 285 g/mol. The largest absolute Gasteiger partial charge is 0.330 e. The highest BCUT2D eigenvalue weighted by atomic mass is 32.1. The second-order valence-corrected chi connectivity index (χ2v) is 4.86. The SMILES string of the molecule is C=CCN(CC=C)C(=O)c1nnsc1-c1ccccc1. The third kappa shape index (κ3) is 3.00. The normalized spacial score (nSPS) is 10.0. The summed E-state index contributed by atoms with van der Waals surface area (Å²) in [5.41, 5.74) is 1.33. The van der Waals surface area contributed by atoms with E-state index < -0.39 is 0 Å². The van der Waals surface area contributed by atoms with Crippen LogP contribution >= 0.6 is 11.5 Å². The van der Waals surface area contributed by atoms with E-state index in [0.717, 1.165) is 10.4 Å². The van der Waals surface area contributed by atoms with Crippen LogP contribution in [0.4, 0.5) is 0 Å². The van der Waals surface area contributed by atoms with Crippen molar-refractivity contribution in [2.24, 2.45) is 0 Å². The molecule has 0 N–H and O–H groups in total. The maximum absolute atomic E-state index is 12.5. The zero-order chi connectivity index (χ0) is 14.4. The van der Waals surface area contributed by atoms with Crippen LogP contribution in [-0.4, -0.2) is 33.5 Å². The molecule has 2 aromatic rings. The van der Waals surface area contributed by atoms with Crippen molar-refractivity contribution in [2.75, 3.05) is 13.1 Å². The molecule has 5 heteroatoms. The van der Waals surface area contributed by atoms with Gasteiger partial charge in [0.05, 0.1) is 4.88 Å². The van der Waals surface area contributed by atoms with Gasteiger partial charge in [-0.2, -0.15) is 0 Å². The molecule has 0 atom stereocenters. The van der Waals surface area contributed by atoms with Crippen LogP contribution in [0.2, 0.25) is 0 Å². The molecule has 1 aromatic carbocycles. The highest BCUT2D eigenvalue weighted by Gasteiger charge is 2.22. The van der Waals surface area contributed by atoms with Gasteiger partial charge in [-0.05, 0) is 17.1 Å². The van der Waals surface area contributed by atoms with Gasteiger partial charge >= 0.3 is 0 Å². The molecule has 0 saturated carbocycles. The van der Waals surface area contributed by atoms with Gasteiger partial charge in [-0.15, -0.1) is 18.3 Å². The minimum absolute atomic E-state index is 0.155. The highest BCUT2D eigenvalue weighted by Crippen LogP contribution is 2.26. The Morgan fingerprint density at radius 1 is 1.20 bits per heavy atom. The molecule has 0 saturated heterocycles. The Balaban J connectivity index is 2.33. The van der Waals surface area contributed by atoms with Crippen LogP contribution in [-0.2, 0) is 0 Å². The van der Waals surface area contributed by atoms with Gasteiger partial charge in [0.25, 0.3) is 5.91 Å². The lowest BCUT2D eigenvalue weighted by Gasteiger charge is -2.18. The van der Waals surface area contributed by atoms with E-state index in [-0.39, 0.29) is 5.91 Å². The summed E-state index contributed by atoms with van der Waals surface area (Å²) in [6.45, 7) is 8.24. The van der Waals surface area contributed by atoms with Crippen molar-refractivity contribution in [3.8, 4) is 10.4 Å². The molecule has 1 heterocycles. The molecule has 0 aliphatic heterocycles. The molecule has 0 unspecified atom stereocenters. The van der Waals surface area contributed by atoms with Gasteiger partial charge in [-0.1, -0.05) is 47.0 Å². The van der Waals surface area contributed by atoms with Gasteiger partial charge in [0.2, 0.25) is 0 Å². The summed E-state index contributed by atoms with van der Waals surface area (Å²) in [6, 6.07) is 9.67. The Morgan fingerprint density at radius 2 is 1.85 bits per heavy atom.